The van der Waals surface area contributed by atoms with Crippen molar-refractivity contribution < 1.29 is 4.79 Å². The van der Waals surface area contributed by atoms with Crippen molar-refractivity contribution >= 4 is 12.0 Å². The van der Waals surface area contributed by atoms with Gasteiger partial charge in [0.2, 0.25) is 5.91 Å². The quantitative estimate of drug-likeness (QED) is 0.802. The summed E-state index contributed by atoms with van der Waals surface area (Å²) in [5.74, 6) is 0.387. The first-order valence-corrected chi connectivity index (χ1v) is 9.97. The number of nitrogens with one attached hydrogen (secondary N) is 1. The van der Waals surface area contributed by atoms with Gasteiger partial charge in [-0.05, 0) is 50.4 Å². The molecule has 3 rings (SSSR count). The summed E-state index contributed by atoms with van der Waals surface area (Å²) in [7, 11) is 0. The van der Waals surface area contributed by atoms with Gasteiger partial charge < -0.3 is 5.32 Å². The summed E-state index contributed by atoms with van der Waals surface area (Å²) in [4.78, 5) is 14.9. The van der Waals surface area contributed by atoms with Gasteiger partial charge >= 0.3 is 0 Å². The van der Waals surface area contributed by atoms with Crippen LogP contribution in [0.15, 0.2) is 66.2 Å². The van der Waals surface area contributed by atoms with Gasteiger partial charge in [-0.15, -0.1) is 0 Å². The number of carbonyl (C=O) groups is 1. The fourth-order valence-corrected chi connectivity index (χ4v) is 3.70. The Labute approximate surface area is 163 Å². The topological polar surface area (TPSA) is 32.3 Å². The average Bonchev–Trinajstić information content (AvgIpc) is 2.70. The molecule has 1 aliphatic heterocycles. The van der Waals surface area contributed by atoms with E-state index in [0.717, 1.165) is 45.4 Å². The van der Waals surface area contributed by atoms with E-state index in [1.807, 2.05) is 24.3 Å². The van der Waals surface area contributed by atoms with Crippen molar-refractivity contribution in [3.8, 4) is 0 Å². The zero-order valence-electron chi connectivity index (χ0n) is 16.2. The third-order valence-electron chi connectivity index (χ3n) is 5.20. The molecule has 0 bridgehead atoms. The van der Waals surface area contributed by atoms with E-state index < -0.39 is 0 Å². The van der Waals surface area contributed by atoms with Crippen LogP contribution < -0.4 is 5.32 Å². The van der Waals surface area contributed by atoms with Crippen LogP contribution >= 0.6 is 0 Å². The molecular weight excluding hydrogens is 332 g/mol. The van der Waals surface area contributed by atoms with Gasteiger partial charge in [0.1, 0.15) is 0 Å². The highest BCUT2D eigenvalue weighted by Gasteiger charge is 2.24. The number of hydrogen-bond donors (Lipinski definition) is 1. The van der Waals surface area contributed by atoms with Gasteiger partial charge in [0.25, 0.3) is 0 Å². The lowest BCUT2D eigenvalue weighted by Gasteiger charge is -2.31. The maximum Gasteiger partial charge on any atom is 0.223 e. The van der Waals surface area contributed by atoms with Crippen LogP contribution in [0.2, 0.25) is 0 Å². The Balaban J connectivity index is 1.38. The Hall–Kier alpha value is -2.39. The standard InChI is InChI=1S/C24H30N2O/c1-20(18-22-10-6-3-7-11-22)19-26-16-13-23(14-17-26)24(27)25-15-12-21-8-4-2-5-9-21/h2-11,18,23H,12-17,19H2,1H3,(H,25,27). The number of amides is 1. The maximum atomic E-state index is 12.4. The zero-order valence-corrected chi connectivity index (χ0v) is 16.2. The number of nitrogens with zero attached hydrogens (tertiary/aromatic N) is 1. The number of carbonyl (C=O) groups excluding carboxylic acids is 1. The van der Waals surface area contributed by atoms with Crippen LogP contribution in [0.3, 0.4) is 0 Å². The summed E-state index contributed by atoms with van der Waals surface area (Å²) < 4.78 is 0. The molecule has 0 spiro atoms. The van der Waals surface area contributed by atoms with E-state index in [-0.39, 0.29) is 11.8 Å². The fraction of sp³-hybridized carbons (Fsp3) is 0.375. The Morgan fingerprint density at radius 3 is 2.33 bits per heavy atom. The van der Waals surface area contributed by atoms with E-state index in [9.17, 15) is 4.79 Å². The molecule has 3 nitrogen and oxygen atoms in total. The van der Waals surface area contributed by atoms with Crippen molar-refractivity contribution in [2.24, 2.45) is 5.92 Å². The lowest BCUT2D eigenvalue weighted by atomic mass is 9.95. The lowest BCUT2D eigenvalue weighted by Crippen LogP contribution is -2.41. The van der Waals surface area contributed by atoms with Crippen LogP contribution in [-0.4, -0.2) is 37.0 Å². The van der Waals surface area contributed by atoms with Gasteiger partial charge in [0, 0.05) is 19.0 Å². The number of hydrogen-bond acceptors (Lipinski definition) is 2. The van der Waals surface area contributed by atoms with Gasteiger partial charge in [-0.25, -0.2) is 0 Å². The minimum absolute atomic E-state index is 0.162. The van der Waals surface area contributed by atoms with Crippen LogP contribution in [0.5, 0.6) is 0 Å². The Bertz CT molecular complexity index is 731. The fourth-order valence-electron chi connectivity index (χ4n) is 3.70. The molecule has 1 saturated heterocycles. The average molecular weight is 363 g/mol. The van der Waals surface area contributed by atoms with Crippen LogP contribution in [0.4, 0.5) is 0 Å². The maximum absolute atomic E-state index is 12.4. The molecule has 1 amide bonds. The van der Waals surface area contributed by atoms with Gasteiger partial charge in [-0.1, -0.05) is 72.3 Å². The molecule has 1 heterocycles. The third-order valence-corrected chi connectivity index (χ3v) is 5.20. The molecule has 1 aliphatic rings. The predicted octanol–water partition coefficient (Wildman–Crippen LogP) is 4.16. The van der Waals surface area contributed by atoms with Crippen LogP contribution in [-0.2, 0) is 11.2 Å². The normalized spacial score (nSPS) is 16.3. The molecule has 0 atom stereocenters. The number of rotatable bonds is 7. The van der Waals surface area contributed by atoms with Crippen LogP contribution in [0.25, 0.3) is 6.08 Å². The molecule has 0 unspecified atom stereocenters. The van der Waals surface area contributed by atoms with E-state index >= 15 is 0 Å². The smallest absolute Gasteiger partial charge is 0.223 e. The summed E-state index contributed by atoms with van der Waals surface area (Å²) in [5, 5.41) is 3.12. The number of benzene rings is 2. The first-order chi connectivity index (χ1) is 13.2. The number of piperidine rings is 1. The largest absolute Gasteiger partial charge is 0.356 e. The minimum Gasteiger partial charge on any atom is -0.356 e. The Morgan fingerprint density at radius 2 is 1.67 bits per heavy atom. The SMILES string of the molecule is CC(=Cc1ccccc1)CN1CCC(C(=O)NCCc2ccccc2)CC1. The predicted molar refractivity (Wildman–Crippen MR) is 112 cm³/mol. The summed E-state index contributed by atoms with van der Waals surface area (Å²) in [5.41, 5.74) is 3.89. The lowest BCUT2D eigenvalue weighted by molar-refractivity contribution is -0.126. The molecule has 0 aliphatic carbocycles. The summed E-state index contributed by atoms with van der Waals surface area (Å²) in [6.07, 6.45) is 5.06. The molecular formula is C24H30N2O. The summed E-state index contributed by atoms with van der Waals surface area (Å²) in [6.45, 7) is 5.89. The van der Waals surface area contributed by atoms with E-state index in [1.165, 1.54) is 16.7 Å². The van der Waals surface area contributed by atoms with Crippen molar-refractivity contribution in [2.75, 3.05) is 26.2 Å². The van der Waals surface area contributed by atoms with E-state index in [1.54, 1.807) is 0 Å². The molecule has 0 radical (unpaired) electrons. The second-order valence-electron chi connectivity index (χ2n) is 7.48. The second-order valence-corrected chi connectivity index (χ2v) is 7.48. The first kappa shape index (κ1) is 19.4. The minimum atomic E-state index is 0.162. The van der Waals surface area contributed by atoms with Gasteiger partial charge in [-0.3, -0.25) is 9.69 Å². The number of likely N-dealkylation sites (tertiary alicyclic amines) is 1. The van der Waals surface area contributed by atoms with Crippen molar-refractivity contribution in [1.29, 1.82) is 0 Å². The highest BCUT2D eigenvalue weighted by molar-refractivity contribution is 5.78. The summed E-state index contributed by atoms with van der Waals surface area (Å²) >= 11 is 0. The molecule has 2 aromatic carbocycles. The van der Waals surface area contributed by atoms with Crippen molar-refractivity contribution in [2.45, 2.75) is 26.2 Å². The highest BCUT2D eigenvalue weighted by Crippen LogP contribution is 2.19. The molecule has 1 N–H and O–H groups in total. The van der Waals surface area contributed by atoms with Crippen molar-refractivity contribution in [3.63, 3.8) is 0 Å². The van der Waals surface area contributed by atoms with Crippen molar-refractivity contribution in [3.05, 3.63) is 77.4 Å². The van der Waals surface area contributed by atoms with Gasteiger partial charge in [0.15, 0.2) is 0 Å². The molecule has 142 valence electrons. The van der Waals surface area contributed by atoms with E-state index in [2.05, 4.69) is 59.6 Å². The first-order valence-electron chi connectivity index (χ1n) is 9.97. The van der Waals surface area contributed by atoms with Crippen LogP contribution in [0, 0.1) is 5.92 Å². The summed E-state index contributed by atoms with van der Waals surface area (Å²) in [6, 6.07) is 20.8. The third kappa shape index (κ3) is 6.37. The molecule has 27 heavy (non-hydrogen) atoms. The van der Waals surface area contributed by atoms with Gasteiger partial charge in [-0.2, -0.15) is 0 Å². The molecule has 1 fully saturated rings. The zero-order chi connectivity index (χ0) is 18.9. The highest BCUT2D eigenvalue weighted by atomic mass is 16.1. The van der Waals surface area contributed by atoms with Gasteiger partial charge in [0.05, 0.1) is 0 Å². The molecule has 2 aromatic rings. The Morgan fingerprint density at radius 1 is 1.04 bits per heavy atom. The molecule has 0 saturated carbocycles. The van der Waals surface area contributed by atoms with E-state index in [4.69, 9.17) is 0 Å². The van der Waals surface area contributed by atoms with E-state index in [0.29, 0.717) is 0 Å². The van der Waals surface area contributed by atoms with Crippen molar-refractivity contribution in [1.82, 2.24) is 10.2 Å². The van der Waals surface area contributed by atoms with Crippen LogP contribution in [0.1, 0.15) is 30.9 Å². The second kappa shape index (κ2) is 10.1. The Kier molecular flexibility index (Phi) is 7.23. The molecule has 0 aromatic heterocycles. The monoisotopic (exact) mass is 362 g/mol. The molecule has 3 heteroatoms.